The van der Waals surface area contributed by atoms with Crippen LogP contribution >= 0.6 is 0 Å². The molecule has 0 aliphatic carbocycles. The Balaban J connectivity index is 3.17. The molecule has 5 nitrogen and oxygen atoms in total. The SMILES string of the molecule is COC(C)CN1C(=O)C(C(C)(C)C)NC(=O)C1C(C)(C)C. The van der Waals surface area contributed by atoms with Crippen LogP contribution < -0.4 is 5.32 Å². The van der Waals surface area contributed by atoms with Gasteiger partial charge in [-0.25, -0.2) is 0 Å². The van der Waals surface area contributed by atoms with E-state index < -0.39 is 12.1 Å². The molecule has 3 unspecified atom stereocenters. The van der Waals surface area contributed by atoms with Gasteiger partial charge in [-0.15, -0.1) is 0 Å². The summed E-state index contributed by atoms with van der Waals surface area (Å²) in [5.41, 5.74) is -0.639. The first-order valence-corrected chi connectivity index (χ1v) is 7.53. The number of rotatable bonds is 3. The molecule has 1 aliphatic heterocycles. The Morgan fingerprint density at radius 2 is 1.67 bits per heavy atom. The summed E-state index contributed by atoms with van der Waals surface area (Å²) in [6, 6.07) is -0.964. The molecule has 0 aromatic heterocycles. The van der Waals surface area contributed by atoms with Gasteiger partial charge in [-0.05, 0) is 17.8 Å². The van der Waals surface area contributed by atoms with Gasteiger partial charge in [-0.2, -0.15) is 0 Å². The van der Waals surface area contributed by atoms with Crippen LogP contribution in [0.3, 0.4) is 0 Å². The predicted molar refractivity (Wildman–Crippen MR) is 82.8 cm³/mol. The lowest BCUT2D eigenvalue weighted by atomic mass is 9.78. The average molecular weight is 298 g/mol. The zero-order chi connectivity index (χ0) is 16.6. The van der Waals surface area contributed by atoms with Crippen LogP contribution in [0.1, 0.15) is 48.5 Å². The van der Waals surface area contributed by atoms with E-state index in [9.17, 15) is 9.59 Å². The van der Waals surface area contributed by atoms with Gasteiger partial charge in [0.2, 0.25) is 11.8 Å². The maximum absolute atomic E-state index is 12.9. The molecule has 0 radical (unpaired) electrons. The number of nitrogens with one attached hydrogen (secondary N) is 1. The highest BCUT2D eigenvalue weighted by Gasteiger charge is 2.49. The van der Waals surface area contributed by atoms with E-state index in [1.165, 1.54) is 0 Å². The van der Waals surface area contributed by atoms with Crippen molar-refractivity contribution in [2.24, 2.45) is 10.8 Å². The number of piperazine rings is 1. The molecule has 1 rings (SSSR count). The molecule has 5 heteroatoms. The fourth-order valence-corrected chi connectivity index (χ4v) is 2.71. The van der Waals surface area contributed by atoms with E-state index >= 15 is 0 Å². The fourth-order valence-electron chi connectivity index (χ4n) is 2.71. The number of ether oxygens (including phenoxy) is 1. The molecular weight excluding hydrogens is 268 g/mol. The van der Waals surface area contributed by atoms with Crippen LogP contribution in [0, 0.1) is 10.8 Å². The van der Waals surface area contributed by atoms with Crippen LogP contribution in [0.15, 0.2) is 0 Å². The molecule has 1 aliphatic rings. The van der Waals surface area contributed by atoms with E-state index in [1.807, 2.05) is 48.5 Å². The number of nitrogens with zero attached hydrogens (tertiary/aromatic N) is 1. The normalized spacial score (nSPS) is 25.8. The Hall–Kier alpha value is -1.10. The van der Waals surface area contributed by atoms with Crippen molar-refractivity contribution in [1.82, 2.24) is 10.2 Å². The molecule has 1 saturated heterocycles. The van der Waals surface area contributed by atoms with Crippen molar-refractivity contribution in [2.45, 2.75) is 66.7 Å². The number of methoxy groups -OCH3 is 1. The van der Waals surface area contributed by atoms with Gasteiger partial charge in [0.25, 0.3) is 0 Å². The number of amides is 2. The summed E-state index contributed by atoms with van der Waals surface area (Å²) in [6.07, 6.45) is -0.106. The van der Waals surface area contributed by atoms with Crippen molar-refractivity contribution in [2.75, 3.05) is 13.7 Å². The summed E-state index contributed by atoms with van der Waals surface area (Å²) < 4.78 is 5.29. The van der Waals surface area contributed by atoms with Crippen molar-refractivity contribution in [1.29, 1.82) is 0 Å². The molecule has 3 atom stereocenters. The smallest absolute Gasteiger partial charge is 0.246 e. The number of carbonyl (C=O) groups is 2. The van der Waals surface area contributed by atoms with Crippen molar-refractivity contribution >= 4 is 11.8 Å². The van der Waals surface area contributed by atoms with Gasteiger partial charge in [0.15, 0.2) is 0 Å². The van der Waals surface area contributed by atoms with Crippen LogP contribution in [-0.4, -0.2) is 48.6 Å². The number of hydrogen-bond acceptors (Lipinski definition) is 3. The molecule has 21 heavy (non-hydrogen) atoms. The Kier molecular flexibility index (Phi) is 5.09. The highest BCUT2D eigenvalue weighted by Crippen LogP contribution is 2.32. The van der Waals surface area contributed by atoms with Gasteiger partial charge in [-0.3, -0.25) is 9.59 Å². The zero-order valence-electron chi connectivity index (χ0n) is 14.6. The summed E-state index contributed by atoms with van der Waals surface area (Å²) >= 11 is 0. The molecular formula is C16H30N2O3. The Morgan fingerprint density at radius 1 is 1.14 bits per heavy atom. The minimum Gasteiger partial charge on any atom is -0.380 e. The fraction of sp³-hybridized carbons (Fsp3) is 0.875. The molecule has 2 amide bonds. The van der Waals surface area contributed by atoms with Gasteiger partial charge in [0.1, 0.15) is 12.1 Å². The van der Waals surface area contributed by atoms with Crippen molar-refractivity contribution in [3.05, 3.63) is 0 Å². The Labute approximate surface area is 128 Å². The standard InChI is InChI=1S/C16H30N2O3/c1-10(21-8)9-18-12(16(5,6)7)13(19)17-11(14(18)20)15(2,3)4/h10-12H,9H2,1-8H3,(H,17,19). The minimum absolute atomic E-state index is 0.0223. The first kappa shape index (κ1) is 18.0. The van der Waals surface area contributed by atoms with Gasteiger partial charge in [0.05, 0.1) is 6.10 Å². The van der Waals surface area contributed by atoms with E-state index in [4.69, 9.17) is 4.74 Å². The Morgan fingerprint density at radius 3 is 2.05 bits per heavy atom. The second kappa shape index (κ2) is 5.95. The summed E-state index contributed by atoms with van der Waals surface area (Å²) in [6.45, 7) is 14.2. The van der Waals surface area contributed by atoms with E-state index in [2.05, 4.69) is 5.32 Å². The molecule has 0 saturated carbocycles. The zero-order valence-corrected chi connectivity index (χ0v) is 14.6. The maximum Gasteiger partial charge on any atom is 0.246 e. The van der Waals surface area contributed by atoms with Crippen LogP contribution in [0.25, 0.3) is 0 Å². The van der Waals surface area contributed by atoms with E-state index in [0.29, 0.717) is 6.54 Å². The van der Waals surface area contributed by atoms with Gasteiger partial charge >= 0.3 is 0 Å². The maximum atomic E-state index is 12.9. The third kappa shape index (κ3) is 3.96. The van der Waals surface area contributed by atoms with E-state index in [1.54, 1.807) is 12.0 Å². The number of hydrogen-bond donors (Lipinski definition) is 1. The minimum atomic E-state index is -0.493. The lowest BCUT2D eigenvalue weighted by Crippen LogP contribution is -2.70. The Bertz CT molecular complexity index is 407. The summed E-state index contributed by atoms with van der Waals surface area (Å²) in [5.74, 6) is -0.101. The number of carbonyl (C=O) groups excluding carboxylic acids is 2. The second-order valence-electron chi connectivity index (χ2n) is 8.11. The van der Waals surface area contributed by atoms with E-state index in [-0.39, 0.29) is 28.7 Å². The molecule has 0 aromatic carbocycles. The highest BCUT2D eigenvalue weighted by molar-refractivity contribution is 5.97. The molecule has 1 fully saturated rings. The molecule has 1 N–H and O–H groups in total. The molecule has 0 spiro atoms. The third-order valence-corrected chi connectivity index (χ3v) is 3.92. The van der Waals surface area contributed by atoms with Crippen molar-refractivity contribution < 1.29 is 14.3 Å². The summed E-state index contributed by atoms with van der Waals surface area (Å²) in [5, 5.41) is 2.91. The van der Waals surface area contributed by atoms with Gasteiger partial charge in [-0.1, -0.05) is 41.5 Å². The largest absolute Gasteiger partial charge is 0.380 e. The van der Waals surface area contributed by atoms with Crippen molar-refractivity contribution in [3.63, 3.8) is 0 Å². The highest BCUT2D eigenvalue weighted by atomic mass is 16.5. The third-order valence-electron chi connectivity index (χ3n) is 3.92. The first-order valence-electron chi connectivity index (χ1n) is 7.53. The monoisotopic (exact) mass is 298 g/mol. The molecule has 0 bridgehead atoms. The average Bonchev–Trinajstić information content (AvgIpc) is 2.29. The molecule has 122 valence electrons. The van der Waals surface area contributed by atoms with Crippen LogP contribution in [-0.2, 0) is 14.3 Å². The van der Waals surface area contributed by atoms with Crippen molar-refractivity contribution in [3.8, 4) is 0 Å². The van der Waals surface area contributed by atoms with E-state index in [0.717, 1.165) is 0 Å². The molecule has 0 aromatic rings. The van der Waals surface area contributed by atoms with Crippen LogP contribution in [0.4, 0.5) is 0 Å². The second-order valence-corrected chi connectivity index (χ2v) is 8.11. The van der Waals surface area contributed by atoms with Crippen LogP contribution in [0.2, 0.25) is 0 Å². The quantitative estimate of drug-likeness (QED) is 0.864. The first-order chi connectivity index (χ1) is 9.39. The van der Waals surface area contributed by atoms with Gasteiger partial charge in [0, 0.05) is 13.7 Å². The predicted octanol–water partition coefficient (Wildman–Crippen LogP) is 1.81. The van der Waals surface area contributed by atoms with Gasteiger partial charge < -0.3 is 15.0 Å². The summed E-state index contributed by atoms with van der Waals surface area (Å²) in [7, 11) is 1.62. The lowest BCUT2D eigenvalue weighted by Gasteiger charge is -2.48. The summed E-state index contributed by atoms with van der Waals surface area (Å²) in [4.78, 5) is 27.2. The lowest BCUT2D eigenvalue weighted by molar-refractivity contribution is -0.158. The topological polar surface area (TPSA) is 58.6 Å². The molecule has 1 heterocycles. The van der Waals surface area contributed by atoms with Crippen LogP contribution in [0.5, 0.6) is 0 Å².